The molecule has 158 valence electrons. The molecule has 0 saturated carbocycles. The van der Waals surface area contributed by atoms with Gasteiger partial charge in [0.1, 0.15) is 5.82 Å². The van der Waals surface area contributed by atoms with Crippen molar-refractivity contribution >= 4 is 5.91 Å². The highest BCUT2D eigenvalue weighted by Crippen LogP contribution is 2.23. The van der Waals surface area contributed by atoms with Crippen molar-refractivity contribution < 1.29 is 4.79 Å². The van der Waals surface area contributed by atoms with Crippen molar-refractivity contribution in [3.8, 4) is 5.69 Å². The number of carbonyl (C=O) groups excluding carboxylic acids is 1. The number of nitrogens with one attached hydrogen (secondary N) is 1. The van der Waals surface area contributed by atoms with Crippen LogP contribution in [-0.4, -0.2) is 52.3 Å². The molecule has 1 amide bonds. The number of nitrogens with zero attached hydrogens (tertiary/aromatic N) is 4. The van der Waals surface area contributed by atoms with E-state index in [1.165, 1.54) is 11.1 Å². The summed E-state index contributed by atoms with van der Waals surface area (Å²) in [6, 6.07) is 18.3. The minimum absolute atomic E-state index is 0.0369. The number of rotatable bonds is 8. The number of para-hydroxylation sites is 1. The SMILES string of the molecule is Cc1nc(C(=O)NC(Cc2ccccc2)CN(C)C)nn1-c1ccccc1C(C)C. The number of aryl methyl sites for hydroxylation is 1. The topological polar surface area (TPSA) is 63.1 Å². The molecule has 0 radical (unpaired) electrons. The Hall–Kier alpha value is -2.99. The molecule has 2 aromatic carbocycles. The van der Waals surface area contributed by atoms with Gasteiger partial charge in [-0.1, -0.05) is 62.4 Å². The molecule has 0 aliphatic heterocycles. The van der Waals surface area contributed by atoms with Crippen molar-refractivity contribution in [2.75, 3.05) is 20.6 Å². The lowest BCUT2D eigenvalue weighted by molar-refractivity contribution is 0.0919. The third-order valence-corrected chi connectivity index (χ3v) is 5.00. The predicted molar refractivity (Wildman–Crippen MR) is 120 cm³/mol. The van der Waals surface area contributed by atoms with E-state index in [1.54, 1.807) is 4.68 Å². The van der Waals surface area contributed by atoms with Crippen LogP contribution in [0, 0.1) is 6.92 Å². The standard InChI is InChI=1S/C24H31N5O/c1-17(2)21-13-9-10-14-22(21)29-18(3)25-23(27-29)24(30)26-20(16-28(4)5)15-19-11-7-6-8-12-19/h6-14,17,20H,15-16H2,1-5H3,(H,26,30). The minimum Gasteiger partial charge on any atom is -0.345 e. The Kier molecular flexibility index (Phi) is 7.00. The molecule has 0 bridgehead atoms. The number of hydrogen-bond donors (Lipinski definition) is 1. The summed E-state index contributed by atoms with van der Waals surface area (Å²) < 4.78 is 1.77. The fourth-order valence-corrected chi connectivity index (χ4v) is 3.63. The van der Waals surface area contributed by atoms with E-state index < -0.39 is 0 Å². The minimum atomic E-state index is -0.248. The Morgan fingerprint density at radius 1 is 1.07 bits per heavy atom. The lowest BCUT2D eigenvalue weighted by atomic mass is 10.0. The highest BCUT2D eigenvalue weighted by atomic mass is 16.2. The quantitative estimate of drug-likeness (QED) is 0.622. The molecule has 1 heterocycles. The van der Waals surface area contributed by atoms with E-state index in [1.807, 2.05) is 57.4 Å². The molecule has 0 spiro atoms. The molecule has 6 nitrogen and oxygen atoms in total. The summed E-state index contributed by atoms with van der Waals surface area (Å²) in [6.07, 6.45) is 0.751. The monoisotopic (exact) mass is 405 g/mol. The average Bonchev–Trinajstić information content (AvgIpc) is 3.10. The van der Waals surface area contributed by atoms with Crippen molar-refractivity contribution in [3.05, 3.63) is 77.4 Å². The van der Waals surface area contributed by atoms with Crippen LogP contribution >= 0.6 is 0 Å². The molecule has 0 aliphatic carbocycles. The fourth-order valence-electron chi connectivity index (χ4n) is 3.63. The van der Waals surface area contributed by atoms with Crippen LogP contribution < -0.4 is 5.32 Å². The maximum atomic E-state index is 13.0. The number of amides is 1. The second kappa shape index (κ2) is 9.67. The number of benzene rings is 2. The Morgan fingerprint density at radius 2 is 1.73 bits per heavy atom. The van der Waals surface area contributed by atoms with Crippen molar-refractivity contribution in [1.82, 2.24) is 25.0 Å². The lowest BCUT2D eigenvalue weighted by Crippen LogP contribution is -2.43. The van der Waals surface area contributed by atoms with Gasteiger partial charge in [0.15, 0.2) is 0 Å². The van der Waals surface area contributed by atoms with Gasteiger partial charge in [-0.25, -0.2) is 9.67 Å². The van der Waals surface area contributed by atoms with Gasteiger partial charge in [0, 0.05) is 12.6 Å². The maximum Gasteiger partial charge on any atom is 0.291 e. The van der Waals surface area contributed by atoms with Crippen LogP contribution in [0.25, 0.3) is 5.69 Å². The first kappa shape index (κ1) is 21.7. The third kappa shape index (κ3) is 5.33. The Balaban J connectivity index is 1.82. The summed E-state index contributed by atoms with van der Waals surface area (Å²) in [5.74, 6) is 0.988. The largest absolute Gasteiger partial charge is 0.345 e. The van der Waals surface area contributed by atoms with Gasteiger partial charge in [0.05, 0.1) is 5.69 Å². The molecular formula is C24H31N5O. The Labute approximate surface area is 178 Å². The second-order valence-electron chi connectivity index (χ2n) is 8.23. The summed E-state index contributed by atoms with van der Waals surface area (Å²) in [6.45, 7) is 6.90. The van der Waals surface area contributed by atoms with Crippen molar-refractivity contribution in [1.29, 1.82) is 0 Å². The highest BCUT2D eigenvalue weighted by Gasteiger charge is 2.21. The van der Waals surface area contributed by atoms with Crippen molar-refractivity contribution in [2.24, 2.45) is 0 Å². The van der Waals surface area contributed by atoms with Gasteiger partial charge in [0.2, 0.25) is 5.82 Å². The fraction of sp³-hybridized carbons (Fsp3) is 0.375. The Bertz CT molecular complexity index is 978. The summed E-state index contributed by atoms with van der Waals surface area (Å²) in [5.41, 5.74) is 3.32. The van der Waals surface area contributed by atoms with E-state index in [0.717, 1.165) is 18.7 Å². The molecule has 30 heavy (non-hydrogen) atoms. The van der Waals surface area contributed by atoms with Gasteiger partial charge in [-0.15, -0.1) is 5.10 Å². The van der Waals surface area contributed by atoms with E-state index >= 15 is 0 Å². The normalized spacial score (nSPS) is 12.4. The number of carbonyl (C=O) groups is 1. The molecule has 1 atom stereocenters. The molecule has 3 rings (SSSR count). The van der Waals surface area contributed by atoms with Crippen LogP contribution in [0.5, 0.6) is 0 Å². The van der Waals surface area contributed by atoms with Crippen molar-refractivity contribution in [2.45, 2.75) is 39.2 Å². The van der Waals surface area contributed by atoms with Gasteiger partial charge < -0.3 is 10.2 Å². The van der Waals surface area contributed by atoms with Crippen LogP contribution in [0.3, 0.4) is 0 Å². The zero-order valence-electron chi connectivity index (χ0n) is 18.5. The predicted octanol–water partition coefficient (Wildman–Crippen LogP) is 3.60. The molecule has 6 heteroatoms. The zero-order valence-corrected chi connectivity index (χ0v) is 18.5. The number of hydrogen-bond acceptors (Lipinski definition) is 4. The van der Waals surface area contributed by atoms with Gasteiger partial charge in [-0.3, -0.25) is 4.79 Å². The maximum absolute atomic E-state index is 13.0. The summed E-state index contributed by atoms with van der Waals surface area (Å²) >= 11 is 0. The summed E-state index contributed by atoms with van der Waals surface area (Å²) in [5, 5.41) is 7.67. The lowest BCUT2D eigenvalue weighted by Gasteiger charge is -2.22. The molecule has 1 aromatic heterocycles. The highest BCUT2D eigenvalue weighted by molar-refractivity contribution is 5.90. The molecule has 1 N–H and O–H groups in total. The Morgan fingerprint density at radius 3 is 2.40 bits per heavy atom. The summed E-state index contributed by atoms with van der Waals surface area (Å²) in [4.78, 5) is 19.5. The number of aromatic nitrogens is 3. The first-order valence-electron chi connectivity index (χ1n) is 10.4. The first-order chi connectivity index (χ1) is 14.3. The van der Waals surface area contributed by atoms with E-state index in [2.05, 4.69) is 52.3 Å². The van der Waals surface area contributed by atoms with Crippen LogP contribution in [-0.2, 0) is 6.42 Å². The molecule has 0 saturated heterocycles. The number of likely N-dealkylation sites (N-methyl/N-ethyl adjacent to an activating group) is 1. The van der Waals surface area contributed by atoms with E-state index in [-0.39, 0.29) is 17.8 Å². The van der Waals surface area contributed by atoms with Gasteiger partial charge in [0.25, 0.3) is 5.91 Å². The van der Waals surface area contributed by atoms with E-state index in [4.69, 9.17) is 0 Å². The van der Waals surface area contributed by atoms with Crippen LogP contribution in [0.4, 0.5) is 0 Å². The van der Waals surface area contributed by atoms with Crippen LogP contribution in [0.15, 0.2) is 54.6 Å². The molecule has 0 fully saturated rings. The van der Waals surface area contributed by atoms with Gasteiger partial charge >= 0.3 is 0 Å². The third-order valence-electron chi connectivity index (χ3n) is 5.00. The zero-order chi connectivity index (χ0) is 21.7. The van der Waals surface area contributed by atoms with Gasteiger partial charge in [-0.05, 0) is 50.6 Å². The molecular weight excluding hydrogens is 374 g/mol. The first-order valence-corrected chi connectivity index (χ1v) is 10.4. The van der Waals surface area contributed by atoms with Crippen molar-refractivity contribution in [3.63, 3.8) is 0 Å². The molecule has 0 aliphatic rings. The molecule has 3 aromatic rings. The summed E-state index contributed by atoms with van der Waals surface area (Å²) in [7, 11) is 4.01. The van der Waals surface area contributed by atoms with Crippen LogP contribution in [0.2, 0.25) is 0 Å². The molecule has 1 unspecified atom stereocenters. The van der Waals surface area contributed by atoms with Crippen LogP contribution in [0.1, 0.15) is 47.3 Å². The average molecular weight is 406 g/mol. The van der Waals surface area contributed by atoms with E-state index in [0.29, 0.717) is 11.7 Å². The smallest absolute Gasteiger partial charge is 0.291 e. The second-order valence-corrected chi connectivity index (χ2v) is 8.23. The van der Waals surface area contributed by atoms with E-state index in [9.17, 15) is 4.79 Å². The van der Waals surface area contributed by atoms with Gasteiger partial charge in [-0.2, -0.15) is 0 Å².